The molecule has 1 aliphatic carbocycles. The fraction of sp³-hybridized carbons (Fsp3) is 0.700. The van der Waals surface area contributed by atoms with E-state index in [-0.39, 0.29) is 23.5 Å². The highest BCUT2D eigenvalue weighted by Gasteiger charge is 2.33. The van der Waals surface area contributed by atoms with Gasteiger partial charge in [-0.2, -0.15) is 0 Å². The zero-order valence-electron chi connectivity index (χ0n) is 10.2. The summed E-state index contributed by atoms with van der Waals surface area (Å²) in [6.07, 6.45) is 5.15. The van der Waals surface area contributed by atoms with Gasteiger partial charge in [0.25, 0.3) is 10.0 Å². The number of aromatic nitrogens is 2. The molecular weight excluding hydrogens is 276 g/mol. The van der Waals surface area contributed by atoms with Crippen molar-refractivity contribution in [2.45, 2.75) is 37.4 Å². The highest BCUT2D eigenvalue weighted by atomic mass is 35.5. The summed E-state index contributed by atoms with van der Waals surface area (Å²) in [5, 5.41) is 0.0680. The fourth-order valence-corrected chi connectivity index (χ4v) is 3.01. The van der Waals surface area contributed by atoms with Gasteiger partial charge in [-0.25, -0.2) is 18.1 Å². The lowest BCUT2D eigenvalue weighted by Gasteiger charge is -2.14. The van der Waals surface area contributed by atoms with Gasteiger partial charge in [-0.3, -0.25) is 0 Å². The summed E-state index contributed by atoms with van der Waals surface area (Å²) in [6.45, 7) is 2.96. The number of nitrogens with two attached hydrogens (primary N) is 1. The largest absolute Gasteiger partial charge is 0.336 e. The molecule has 1 aromatic rings. The van der Waals surface area contributed by atoms with Crippen molar-refractivity contribution in [1.29, 1.82) is 0 Å². The summed E-state index contributed by atoms with van der Waals surface area (Å²) in [4.78, 5) is 3.90. The Bertz CT molecular complexity index is 484. The van der Waals surface area contributed by atoms with Gasteiger partial charge in [-0.15, -0.1) is 12.4 Å². The number of rotatable bonds is 6. The Morgan fingerprint density at radius 3 is 2.72 bits per heavy atom. The van der Waals surface area contributed by atoms with Crippen molar-refractivity contribution < 1.29 is 8.42 Å². The second-order valence-electron chi connectivity index (χ2n) is 4.34. The van der Waals surface area contributed by atoms with Crippen molar-refractivity contribution in [3.8, 4) is 0 Å². The molecule has 1 fully saturated rings. The van der Waals surface area contributed by atoms with Crippen LogP contribution in [-0.4, -0.2) is 30.6 Å². The quantitative estimate of drug-likeness (QED) is 0.792. The van der Waals surface area contributed by atoms with Gasteiger partial charge in [0.2, 0.25) is 0 Å². The van der Waals surface area contributed by atoms with Gasteiger partial charge >= 0.3 is 0 Å². The van der Waals surface area contributed by atoms with Gasteiger partial charge in [0, 0.05) is 25.3 Å². The molecular formula is C10H19ClN4O2S. The lowest BCUT2D eigenvalue weighted by molar-refractivity contribution is 0.517. The molecule has 0 bridgehead atoms. The first-order valence-corrected chi connectivity index (χ1v) is 7.29. The van der Waals surface area contributed by atoms with Crippen LogP contribution in [0.3, 0.4) is 0 Å². The Morgan fingerprint density at radius 1 is 1.61 bits per heavy atom. The van der Waals surface area contributed by atoms with Crippen LogP contribution >= 0.6 is 12.4 Å². The zero-order valence-corrected chi connectivity index (χ0v) is 11.9. The van der Waals surface area contributed by atoms with Crippen molar-refractivity contribution in [3.05, 3.63) is 12.5 Å². The summed E-state index contributed by atoms with van der Waals surface area (Å²) in [5.74, 6) is 0.392. The summed E-state index contributed by atoms with van der Waals surface area (Å²) in [5.41, 5.74) is 5.58. The van der Waals surface area contributed by atoms with Crippen LogP contribution in [0.15, 0.2) is 17.6 Å². The molecule has 0 aromatic carbocycles. The van der Waals surface area contributed by atoms with Crippen LogP contribution in [0.1, 0.15) is 19.8 Å². The molecule has 1 aromatic heterocycles. The van der Waals surface area contributed by atoms with Crippen molar-refractivity contribution >= 4 is 22.4 Å². The third-order valence-electron chi connectivity index (χ3n) is 3.00. The highest BCUT2D eigenvalue weighted by Crippen LogP contribution is 2.32. The van der Waals surface area contributed by atoms with E-state index in [9.17, 15) is 8.42 Å². The van der Waals surface area contributed by atoms with Gasteiger partial charge in [0.15, 0.2) is 5.03 Å². The highest BCUT2D eigenvalue weighted by molar-refractivity contribution is 7.89. The predicted molar refractivity (Wildman–Crippen MR) is 71.0 cm³/mol. The average molecular weight is 295 g/mol. The molecule has 18 heavy (non-hydrogen) atoms. The number of sulfonamides is 1. The molecule has 1 aliphatic rings. The number of imidazole rings is 1. The van der Waals surface area contributed by atoms with Crippen molar-refractivity contribution in [2.24, 2.45) is 11.7 Å². The van der Waals surface area contributed by atoms with Crippen LogP contribution in [0.5, 0.6) is 0 Å². The summed E-state index contributed by atoms with van der Waals surface area (Å²) >= 11 is 0. The Labute approximate surface area is 113 Å². The predicted octanol–water partition coefficient (Wildman–Crippen LogP) is 0.340. The minimum Gasteiger partial charge on any atom is -0.336 e. The molecule has 6 nitrogen and oxygen atoms in total. The van der Waals surface area contributed by atoms with E-state index < -0.39 is 10.0 Å². The van der Waals surface area contributed by atoms with E-state index in [2.05, 4.69) is 9.71 Å². The molecule has 0 saturated heterocycles. The van der Waals surface area contributed by atoms with Crippen molar-refractivity contribution in [3.63, 3.8) is 0 Å². The van der Waals surface area contributed by atoms with E-state index in [1.807, 2.05) is 6.92 Å². The van der Waals surface area contributed by atoms with E-state index in [4.69, 9.17) is 5.73 Å². The molecule has 104 valence electrons. The lowest BCUT2D eigenvalue weighted by atomic mass is 10.2. The Morgan fingerprint density at radius 2 is 2.28 bits per heavy atom. The van der Waals surface area contributed by atoms with Crippen LogP contribution in [0.4, 0.5) is 0 Å². The van der Waals surface area contributed by atoms with Gasteiger partial charge in [-0.1, -0.05) is 0 Å². The Hall–Kier alpha value is -0.630. The van der Waals surface area contributed by atoms with Crippen molar-refractivity contribution in [1.82, 2.24) is 14.3 Å². The molecule has 2 rings (SSSR count). The minimum atomic E-state index is -3.53. The SMILES string of the molecule is CCn1cnc(S(=O)(=O)NC(CN)C2CC2)c1.Cl. The van der Waals surface area contributed by atoms with Gasteiger partial charge < -0.3 is 10.3 Å². The molecule has 1 saturated carbocycles. The van der Waals surface area contributed by atoms with E-state index >= 15 is 0 Å². The molecule has 0 spiro atoms. The summed E-state index contributed by atoms with van der Waals surface area (Å²) in [7, 11) is -3.53. The molecule has 0 amide bonds. The van der Waals surface area contributed by atoms with Crippen LogP contribution in [0, 0.1) is 5.92 Å². The second-order valence-corrected chi connectivity index (χ2v) is 6.00. The molecule has 1 heterocycles. The maximum absolute atomic E-state index is 12.0. The number of halogens is 1. The van der Waals surface area contributed by atoms with Crippen LogP contribution in [0.2, 0.25) is 0 Å². The van der Waals surface area contributed by atoms with Crippen LogP contribution in [0.25, 0.3) is 0 Å². The number of nitrogens with one attached hydrogen (secondary N) is 1. The van der Waals surface area contributed by atoms with Gasteiger partial charge in [0.05, 0.1) is 6.33 Å². The molecule has 1 unspecified atom stereocenters. The molecule has 0 radical (unpaired) electrons. The fourth-order valence-electron chi connectivity index (χ4n) is 1.75. The normalized spacial score (nSPS) is 17.2. The second kappa shape index (κ2) is 6.01. The topological polar surface area (TPSA) is 90.0 Å². The van der Waals surface area contributed by atoms with E-state index in [1.165, 1.54) is 12.5 Å². The van der Waals surface area contributed by atoms with E-state index in [1.54, 1.807) is 4.57 Å². The number of nitrogens with zero attached hydrogens (tertiary/aromatic N) is 2. The first kappa shape index (κ1) is 15.4. The Kier molecular flexibility index (Phi) is 5.15. The molecule has 0 aliphatic heterocycles. The molecule has 3 N–H and O–H groups in total. The first-order valence-electron chi connectivity index (χ1n) is 5.81. The van der Waals surface area contributed by atoms with Crippen molar-refractivity contribution in [2.75, 3.05) is 6.54 Å². The number of hydrogen-bond donors (Lipinski definition) is 2. The number of aryl methyl sites for hydroxylation is 1. The third-order valence-corrected chi connectivity index (χ3v) is 4.38. The van der Waals surface area contributed by atoms with Gasteiger partial charge in [-0.05, 0) is 25.7 Å². The lowest BCUT2D eigenvalue weighted by Crippen LogP contribution is -2.41. The maximum atomic E-state index is 12.0. The van der Waals surface area contributed by atoms with Gasteiger partial charge in [0.1, 0.15) is 0 Å². The number of hydrogen-bond acceptors (Lipinski definition) is 4. The standard InChI is InChI=1S/C10H18N4O2S.ClH/c1-2-14-6-10(12-7-14)17(15,16)13-9(5-11)8-3-4-8;/h6-9,13H,2-5,11H2,1H3;1H. The molecule has 8 heteroatoms. The van der Waals surface area contributed by atoms with Crippen LogP contribution in [-0.2, 0) is 16.6 Å². The molecule has 1 atom stereocenters. The first-order chi connectivity index (χ1) is 8.06. The average Bonchev–Trinajstić information content (AvgIpc) is 3.02. The summed E-state index contributed by atoms with van der Waals surface area (Å²) < 4.78 is 28.4. The third kappa shape index (κ3) is 3.44. The monoisotopic (exact) mass is 294 g/mol. The maximum Gasteiger partial charge on any atom is 0.259 e. The smallest absolute Gasteiger partial charge is 0.259 e. The van der Waals surface area contributed by atoms with E-state index in [0.717, 1.165) is 12.8 Å². The van der Waals surface area contributed by atoms with E-state index in [0.29, 0.717) is 19.0 Å². The Balaban J connectivity index is 0.00000162. The minimum absolute atomic E-state index is 0. The zero-order chi connectivity index (χ0) is 12.5. The summed E-state index contributed by atoms with van der Waals surface area (Å²) in [6, 6.07) is -0.160. The van der Waals surface area contributed by atoms with Crippen LogP contribution < -0.4 is 10.5 Å².